The van der Waals surface area contributed by atoms with Crippen LogP contribution in [0.5, 0.6) is 0 Å². The summed E-state index contributed by atoms with van der Waals surface area (Å²) >= 11 is 1.83. The molecule has 1 aliphatic rings. The van der Waals surface area contributed by atoms with Crippen LogP contribution < -0.4 is 0 Å². The fourth-order valence-corrected chi connectivity index (χ4v) is 2.98. The number of rotatable bonds is 4. The number of aliphatic hydroxyl groups is 2. The molecule has 0 saturated heterocycles. The number of hydrogen-bond donors (Lipinski definition) is 2. The molecule has 13 heavy (non-hydrogen) atoms. The average molecular weight is 204 g/mol. The summed E-state index contributed by atoms with van der Waals surface area (Å²) in [5.41, 5.74) is 0. The first kappa shape index (κ1) is 11.3. The quantitative estimate of drug-likeness (QED) is 0.731. The van der Waals surface area contributed by atoms with Crippen molar-refractivity contribution in [3.8, 4) is 0 Å². The van der Waals surface area contributed by atoms with E-state index in [-0.39, 0.29) is 12.7 Å². The van der Waals surface area contributed by atoms with E-state index in [0.29, 0.717) is 11.2 Å². The van der Waals surface area contributed by atoms with Crippen molar-refractivity contribution in [3.63, 3.8) is 0 Å². The van der Waals surface area contributed by atoms with Gasteiger partial charge >= 0.3 is 0 Å². The van der Waals surface area contributed by atoms with E-state index in [0.717, 1.165) is 18.6 Å². The Hall–Kier alpha value is 0.270. The highest BCUT2D eigenvalue weighted by molar-refractivity contribution is 7.99. The lowest BCUT2D eigenvalue weighted by Gasteiger charge is -2.27. The van der Waals surface area contributed by atoms with Crippen molar-refractivity contribution in [2.45, 2.75) is 44.0 Å². The lowest BCUT2D eigenvalue weighted by Crippen LogP contribution is -2.27. The lowest BCUT2D eigenvalue weighted by atomic mass is 9.97. The normalized spacial score (nSPS) is 31.6. The summed E-state index contributed by atoms with van der Waals surface area (Å²) in [4.78, 5) is 0. The third kappa shape index (κ3) is 3.88. The highest BCUT2D eigenvalue weighted by Gasteiger charge is 2.23. The summed E-state index contributed by atoms with van der Waals surface area (Å²) in [5, 5.41) is 18.9. The predicted octanol–water partition coefficient (Wildman–Crippen LogP) is 1.65. The molecule has 1 fully saturated rings. The van der Waals surface area contributed by atoms with Crippen molar-refractivity contribution >= 4 is 11.8 Å². The van der Waals surface area contributed by atoms with E-state index in [2.05, 4.69) is 0 Å². The zero-order valence-electron chi connectivity index (χ0n) is 8.28. The molecular weight excluding hydrogens is 184 g/mol. The molecular formula is C10H20O2S. The van der Waals surface area contributed by atoms with Gasteiger partial charge in [-0.25, -0.2) is 0 Å². The molecule has 3 atom stereocenters. The second-order valence-electron chi connectivity index (χ2n) is 4.01. The van der Waals surface area contributed by atoms with Gasteiger partial charge in [0.05, 0.1) is 6.10 Å². The van der Waals surface area contributed by atoms with Gasteiger partial charge in [0.15, 0.2) is 0 Å². The molecule has 3 unspecified atom stereocenters. The minimum Gasteiger partial charge on any atom is -0.396 e. The molecule has 0 aliphatic heterocycles. The molecule has 0 aromatic heterocycles. The van der Waals surface area contributed by atoms with E-state index in [4.69, 9.17) is 5.11 Å². The Morgan fingerprint density at radius 3 is 2.69 bits per heavy atom. The summed E-state index contributed by atoms with van der Waals surface area (Å²) in [6.45, 7) is 2.30. The maximum atomic E-state index is 9.67. The summed E-state index contributed by atoms with van der Waals surface area (Å²) < 4.78 is 0. The van der Waals surface area contributed by atoms with Gasteiger partial charge in [0, 0.05) is 11.9 Å². The monoisotopic (exact) mass is 204 g/mol. The maximum absolute atomic E-state index is 9.67. The van der Waals surface area contributed by atoms with Crippen molar-refractivity contribution in [2.75, 3.05) is 12.4 Å². The fourth-order valence-electron chi connectivity index (χ4n) is 1.61. The molecule has 0 heterocycles. The lowest BCUT2D eigenvalue weighted by molar-refractivity contribution is 0.136. The van der Waals surface area contributed by atoms with Crippen LogP contribution in [0.2, 0.25) is 0 Å². The number of aliphatic hydroxyl groups excluding tert-OH is 2. The van der Waals surface area contributed by atoms with E-state index in [9.17, 15) is 5.11 Å². The molecule has 0 radical (unpaired) electrons. The average Bonchev–Trinajstić information content (AvgIpc) is 2.16. The van der Waals surface area contributed by atoms with Gasteiger partial charge in [0.1, 0.15) is 0 Å². The van der Waals surface area contributed by atoms with Gasteiger partial charge in [-0.1, -0.05) is 19.8 Å². The molecule has 78 valence electrons. The standard InChI is InChI=1S/C10H20O2S/c1-8(6-11)7-13-10-5-3-2-4-9(10)12/h8-12H,2-7H2,1H3. The molecule has 1 aliphatic carbocycles. The molecule has 0 amide bonds. The fraction of sp³-hybridized carbons (Fsp3) is 1.00. The molecule has 1 rings (SSSR count). The molecule has 0 aromatic carbocycles. The van der Waals surface area contributed by atoms with Crippen LogP contribution >= 0.6 is 11.8 Å². The minimum absolute atomic E-state index is 0.107. The van der Waals surface area contributed by atoms with Crippen molar-refractivity contribution in [2.24, 2.45) is 5.92 Å². The van der Waals surface area contributed by atoms with Gasteiger partial charge in [-0.3, -0.25) is 0 Å². The van der Waals surface area contributed by atoms with Crippen molar-refractivity contribution in [3.05, 3.63) is 0 Å². The molecule has 3 heteroatoms. The molecule has 0 spiro atoms. The van der Waals surface area contributed by atoms with Gasteiger partial charge < -0.3 is 10.2 Å². The van der Waals surface area contributed by atoms with Crippen LogP contribution in [0.25, 0.3) is 0 Å². The van der Waals surface area contributed by atoms with E-state index in [1.54, 1.807) is 0 Å². The van der Waals surface area contributed by atoms with Crippen LogP contribution in [0.15, 0.2) is 0 Å². The van der Waals surface area contributed by atoms with Crippen molar-refractivity contribution in [1.82, 2.24) is 0 Å². The molecule has 1 saturated carbocycles. The van der Waals surface area contributed by atoms with Gasteiger partial charge in [-0.2, -0.15) is 11.8 Å². The van der Waals surface area contributed by atoms with Crippen LogP contribution in [0.3, 0.4) is 0 Å². The number of thioether (sulfide) groups is 1. The van der Waals surface area contributed by atoms with Gasteiger partial charge in [-0.15, -0.1) is 0 Å². The second kappa shape index (κ2) is 5.89. The van der Waals surface area contributed by atoms with Crippen LogP contribution in [0.4, 0.5) is 0 Å². The van der Waals surface area contributed by atoms with E-state index in [1.165, 1.54) is 12.8 Å². The Morgan fingerprint density at radius 2 is 2.08 bits per heavy atom. The Kier molecular flexibility index (Phi) is 5.14. The third-order valence-electron chi connectivity index (χ3n) is 2.57. The molecule has 2 N–H and O–H groups in total. The van der Waals surface area contributed by atoms with Gasteiger partial charge in [0.25, 0.3) is 0 Å². The summed E-state index contributed by atoms with van der Waals surface area (Å²) in [6.07, 6.45) is 4.43. The van der Waals surface area contributed by atoms with Crippen LogP contribution in [0.1, 0.15) is 32.6 Å². The second-order valence-corrected chi connectivity index (χ2v) is 5.28. The number of hydrogen-bond acceptors (Lipinski definition) is 3. The Morgan fingerprint density at radius 1 is 1.38 bits per heavy atom. The minimum atomic E-state index is -0.107. The Balaban J connectivity index is 2.18. The van der Waals surface area contributed by atoms with E-state index in [1.807, 2.05) is 18.7 Å². The first-order valence-corrected chi connectivity index (χ1v) is 6.19. The Bertz CT molecular complexity index is 141. The molecule has 2 nitrogen and oxygen atoms in total. The summed E-state index contributed by atoms with van der Waals surface area (Å²) in [5.74, 6) is 1.33. The highest BCUT2D eigenvalue weighted by atomic mass is 32.2. The summed E-state index contributed by atoms with van der Waals surface area (Å²) in [6, 6.07) is 0. The predicted molar refractivity (Wildman–Crippen MR) is 57.0 cm³/mol. The maximum Gasteiger partial charge on any atom is 0.0658 e. The first-order valence-electron chi connectivity index (χ1n) is 5.14. The molecule has 0 bridgehead atoms. The van der Waals surface area contributed by atoms with E-state index >= 15 is 0 Å². The van der Waals surface area contributed by atoms with E-state index < -0.39 is 0 Å². The topological polar surface area (TPSA) is 40.5 Å². The highest BCUT2D eigenvalue weighted by Crippen LogP contribution is 2.29. The van der Waals surface area contributed by atoms with Crippen LogP contribution in [0, 0.1) is 5.92 Å². The smallest absolute Gasteiger partial charge is 0.0658 e. The van der Waals surface area contributed by atoms with Crippen molar-refractivity contribution in [1.29, 1.82) is 0 Å². The summed E-state index contributed by atoms with van der Waals surface area (Å²) in [7, 11) is 0. The molecule has 0 aromatic rings. The van der Waals surface area contributed by atoms with Crippen LogP contribution in [-0.2, 0) is 0 Å². The SMILES string of the molecule is CC(CO)CSC1CCCCC1O. The van der Waals surface area contributed by atoms with Crippen molar-refractivity contribution < 1.29 is 10.2 Å². The first-order chi connectivity index (χ1) is 6.24. The van der Waals surface area contributed by atoms with Gasteiger partial charge in [0.2, 0.25) is 0 Å². The van der Waals surface area contributed by atoms with Crippen LogP contribution in [-0.4, -0.2) is 33.9 Å². The Labute approximate surface area is 84.7 Å². The van der Waals surface area contributed by atoms with Gasteiger partial charge in [-0.05, 0) is 24.5 Å². The third-order valence-corrected chi connectivity index (χ3v) is 4.31. The zero-order chi connectivity index (χ0) is 9.68. The largest absolute Gasteiger partial charge is 0.396 e. The zero-order valence-corrected chi connectivity index (χ0v) is 9.09.